The van der Waals surface area contributed by atoms with Gasteiger partial charge in [0.05, 0.1) is 0 Å². The minimum Gasteiger partial charge on any atom is -0.507 e. The molecule has 0 unspecified atom stereocenters. The minimum absolute atomic E-state index is 0.267. The van der Waals surface area contributed by atoms with Crippen LogP contribution in [0.5, 0.6) is 5.75 Å². The average molecular weight is 253 g/mol. The Morgan fingerprint density at radius 2 is 2.00 bits per heavy atom. The van der Waals surface area contributed by atoms with E-state index in [2.05, 4.69) is 30.9 Å². The molecule has 2 heterocycles. The zero-order valence-corrected chi connectivity index (χ0v) is 11.5. The van der Waals surface area contributed by atoms with Crippen molar-refractivity contribution in [2.45, 2.75) is 38.6 Å². The first kappa shape index (κ1) is 11.2. The number of phenols is 1. The summed E-state index contributed by atoms with van der Waals surface area (Å²) in [7, 11) is 0. The van der Waals surface area contributed by atoms with Crippen molar-refractivity contribution < 1.29 is 5.11 Å². The summed E-state index contributed by atoms with van der Waals surface area (Å²) in [5, 5.41) is 12.4. The van der Waals surface area contributed by atoms with Crippen LogP contribution in [0.1, 0.15) is 31.4 Å². The lowest BCUT2D eigenvalue weighted by atomic mass is 9.85. The van der Waals surface area contributed by atoms with Gasteiger partial charge in [0.2, 0.25) is 0 Å². The Morgan fingerprint density at radius 3 is 2.84 bits per heavy atom. The van der Waals surface area contributed by atoms with Gasteiger partial charge in [-0.2, -0.15) is 0 Å². The zero-order chi connectivity index (χ0) is 13.2. The average Bonchev–Trinajstić information content (AvgIpc) is 2.80. The van der Waals surface area contributed by atoms with Crippen LogP contribution >= 0.6 is 0 Å². The molecular formula is C17H19NO. The molecule has 2 aromatic carbocycles. The molecular weight excluding hydrogens is 234 g/mol. The highest BCUT2D eigenvalue weighted by Gasteiger charge is 2.38. The maximum Gasteiger partial charge on any atom is 0.123 e. The Balaban J connectivity index is 2.09. The van der Waals surface area contributed by atoms with Crippen LogP contribution in [0.4, 0.5) is 5.69 Å². The molecule has 0 aliphatic carbocycles. The van der Waals surface area contributed by atoms with E-state index < -0.39 is 0 Å². The molecule has 0 amide bonds. The standard InChI is InChI=1S/C17H19NO/c1-17(2)8-6-13-12-4-3-5-15(19)14(12)10-11-7-9-18(17)16(11)13/h3-5,10,19H,6-9H2,1-2H3. The van der Waals surface area contributed by atoms with Crippen LogP contribution in [0.3, 0.4) is 0 Å². The summed E-state index contributed by atoms with van der Waals surface area (Å²) >= 11 is 0. The van der Waals surface area contributed by atoms with Crippen molar-refractivity contribution in [1.82, 2.24) is 0 Å². The van der Waals surface area contributed by atoms with Crippen LogP contribution < -0.4 is 4.90 Å². The molecule has 0 saturated carbocycles. The maximum absolute atomic E-state index is 10.1. The fraction of sp³-hybridized carbons (Fsp3) is 0.412. The summed E-state index contributed by atoms with van der Waals surface area (Å²) in [6.45, 7) is 5.81. The van der Waals surface area contributed by atoms with Crippen molar-refractivity contribution in [3.05, 3.63) is 35.4 Å². The van der Waals surface area contributed by atoms with Crippen LogP contribution in [-0.2, 0) is 12.8 Å². The lowest BCUT2D eigenvalue weighted by Gasteiger charge is -2.43. The van der Waals surface area contributed by atoms with Crippen molar-refractivity contribution in [3.8, 4) is 5.75 Å². The Kier molecular flexibility index (Phi) is 2.02. The summed E-state index contributed by atoms with van der Waals surface area (Å²) in [5.74, 6) is 0.417. The quantitative estimate of drug-likeness (QED) is 0.775. The third kappa shape index (κ3) is 1.37. The molecule has 19 heavy (non-hydrogen) atoms. The van der Waals surface area contributed by atoms with Gasteiger partial charge < -0.3 is 10.0 Å². The molecule has 0 spiro atoms. The second-order valence-electron chi connectivity index (χ2n) is 6.45. The van der Waals surface area contributed by atoms with Crippen molar-refractivity contribution in [2.24, 2.45) is 0 Å². The molecule has 98 valence electrons. The number of fused-ring (bicyclic) bond motifs is 2. The van der Waals surface area contributed by atoms with Crippen molar-refractivity contribution in [2.75, 3.05) is 11.4 Å². The third-order valence-corrected chi connectivity index (χ3v) is 4.91. The van der Waals surface area contributed by atoms with Gasteiger partial charge in [-0.15, -0.1) is 0 Å². The van der Waals surface area contributed by atoms with Crippen molar-refractivity contribution in [3.63, 3.8) is 0 Å². The molecule has 0 radical (unpaired) electrons. The van der Waals surface area contributed by atoms with E-state index in [4.69, 9.17) is 0 Å². The topological polar surface area (TPSA) is 23.5 Å². The SMILES string of the molecule is CC1(C)CCc2c3c(cc4c(O)cccc24)CCN31. The van der Waals surface area contributed by atoms with E-state index in [1.165, 1.54) is 28.6 Å². The van der Waals surface area contributed by atoms with Gasteiger partial charge >= 0.3 is 0 Å². The second-order valence-corrected chi connectivity index (χ2v) is 6.45. The first-order valence-electron chi connectivity index (χ1n) is 7.12. The van der Waals surface area contributed by atoms with Crippen molar-refractivity contribution >= 4 is 16.5 Å². The molecule has 0 saturated heterocycles. The van der Waals surface area contributed by atoms with Crippen LogP contribution in [-0.4, -0.2) is 17.2 Å². The van der Waals surface area contributed by atoms with E-state index in [0.717, 1.165) is 24.8 Å². The van der Waals surface area contributed by atoms with Gasteiger partial charge in [0, 0.05) is 23.2 Å². The molecule has 2 heteroatoms. The van der Waals surface area contributed by atoms with E-state index in [9.17, 15) is 5.11 Å². The zero-order valence-electron chi connectivity index (χ0n) is 11.5. The first-order valence-corrected chi connectivity index (χ1v) is 7.12. The molecule has 0 aromatic heterocycles. The number of phenolic OH excluding ortho intramolecular Hbond substituents is 1. The Hall–Kier alpha value is -1.70. The van der Waals surface area contributed by atoms with Crippen molar-refractivity contribution in [1.29, 1.82) is 0 Å². The number of anilines is 1. The van der Waals surface area contributed by atoms with Gasteiger partial charge in [0.15, 0.2) is 0 Å². The first-order chi connectivity index (χ1) is 9.08. The van der Waals surface area contributed by atoms with Gasteiger partial charge in [0.25, 0.3) is 0 Å². The largest absolute Gasteiger partial charge is 0.507 e. The number of nitrogens with zero attached hydrogens (tertiary/aromatic N) is 1. The highest BCUT2D eigenvalue weighted by Crippen LogP contribution is 2.47. The normalized spacial score (nSPS) is 19.8. The van der Waals surface area contributed by atoms with E-state index in [-0.39, 0.29) is 5.54 Å². The molecule has 1 N–H and O–H groups in total. The number of benzene rings is 2. The summed E-state index contributed by atoms with van der Waals surface area (Å²) in [4.78, 5) is 2.57. The molecule has 2 aliphatic heterocycles. The van der Waals surface area contributed by atoms with Crippen LogP contribution in [0.2, 0.25) is 0 Å². The summed E-state index contributed by atoms with van der Waals surface area (Å²) in [6.07, 6.45) is 3.41. The fourth-order valence-electron chi connectivity index (χ4n) is 3.83. The van der Waals surface area contributed by atoms with Crippen LogP contribution in [0, 0.1) is 0 Å². The molecule has 2 aromatic rings. The van der Waals surface area contributed by atoms with E-state index in [1.807, 2.05) is 6.07 Å². The van der Waals surface area contributed by atoms with E-state index in [0.29, 0.717) is 5.75 Å². The van der Waals surface area contributed by atoms with Gasteiger partial charge in [0.1, 0.15) is 5.75 Å². The van der Waals surface area contributed by atoms with Gasteiger partial charge in [-0.1, -0.05) is 12.1 Å². The molecule has 2 nitrogen and oxygen atoms in total. The summed E-state index contributed by atoms with van der Waals surface area (Å²) in [6, 6.07) is 8.10. The molecule has 0 atom stereocenters. The predicted octanol–water partition coefficient (Wildman–Crippen LogP) is 3.63. The molecule has 4 rings (SSSR count). The van der Waals surface area contributed by atoms with Crippen LogP contribution in [0.25, 0.3) is 10.8 Å². The van der Waals surface area contributed by atoms with Gasteiger partial charge in [-0.3, -0.25) is 0 Å². The lowest BCUT2D eigenvalue weighted by Crippen LogP contribution is -2.46. The number of aromatic hydroxyl groups is 1. The number of rotatable bonds is 0. The third-order valence-electron chi connectivity index (χ3n) is 4.91. The predicted molar refractivity (Wildman–Crippen MR) is 79.1 cm³/mol. The number of hydrogen-bond donors (Lipinski definition) is 1. The second kappa shape index (κ2) is 3.44. The van der Waals surface area contributed by atoms with E-state index in [1.54, 1.807) is 6.07 Å². The number of hydrogen-bond acceptors (Lipinski definition) is 2. The lowest BCUT2D eigenvalue weighted by molar-refractivity contribution is 0.421. The van der Waals surface area contributed by atoms with E-state index >= 15 is 0 Å². The summed E-state index contributed by atoms with van der Waals surface area (Å²) in [5.41, 5.74) is 4.58. The molecule has 2 aliphatic rings. The smallest absolute Gasteiger partial charge is 0.123 e. The number of aryl methyl sites for hydroxylation is 1. The Bertz CT molecular complexity index is 687. The van der Waals surface area contributed by atoms with Gasteiger partial charge in [-0.25, -0.2) is 0 Å². The fourth-order valence-corrected chi connectivity index (χ4v) is 3.83. The molecule has 0 bridgehead atoms. The minimum atomic E-state index is 0.267. The summed E-state index contributed by atoms with van der Waals surface area (Å²) < 4.78 is 0. The van der Waals surface area contributed by atoms with Gasteiger partial charge in [-0.05, 0) is 61.8 Å². The maximum atomic E-state index is 10.1. The Labute approximate surface area is 113 Å². The monoisotopic (exact) mass is 253 g/mol. The van der Waals surface area contributed by atoms with Crippen LogP contribution in [0.15, 0.2) is 24.3 Å². The Morgan fingerprint density at radius 1 is 1.16 bits per heavy atom. The molecule has 0 fully saturated rings. The highest BCUT2D eigenvalue weighted by molar-refractivity contribution is 5.97. The highest BCUT2D eigenvalue weighted by atomic mass is 16.3.